The Labute approximate surface area is 137 Å². The van der Waals surface area contributed by atoms with Crippen LogP contribution in [0, 0.1) is 0 Å². The minimum absolute atomic E-state index is 0.466. The van der Waals surface area contributed by atoms with Crippen LogP contribution in [0.25, 0.3) is 0 Å². The van der Waals surface area contributed by atoms with Gasteiger partial charge in [0, 0.05) is 19.3 Å². The number of hydrogen-bond acceptors (Lipinski definition) is 6. The number of carbonyl (C=O) groups is 1. The summed E-state index contributed by atoms with van der Waals surface area (Å²) in [6.07, 6.45) is 2.49. The Hall–Kier alpha value is -1.70. The maximum atomic E-state index is 10.7. The summed E-state index contributed by atoms with van der Waals surface area (Å²) < 4.78 is 15.9. The lowest BCUT2D eigenvalue weighted by atomic mass is 10.0. The molecule has 130 valence electrons. The lowest BCUT2D eigenvalue weighted by molar-refractivity contribution is 0.0273. The van der Waals surface area contributed by atoms with Crippen LogP contribution >= 0.6 is 0 Å². The zero-order valence-electron chi connectivity index (χ0n) is 13.9. The van der Waals surface area contributed by atoms with Gasteiger partial charge in [0.25, 0.3) is 0 Å². The molecule has 1 amide bonds. The Morgan fingerprint density at radius 1 is 1.22 bits per heavy atom. The van der Waals surface area contributed by atoms with Crippen LogP contribution in [0.2, 0.25) is 0 Å². The molecule has 0 aliphatic carbocycles. The second-order valence-corrected chi connectivity index (χ2v) is 5.84. The average Bonchev–Trinajstić information content (AvgIpc) is 2.47. The van der Waals surface area contributed by atoms with Gasteiger partial charge in [-0.1, -0.05) is 6.07 Å². The van der Waals surface area contributed by atoms with Gasteiger partial charge in [-0.15, -0.1) is 0 Å². The van der Waals surface area contributed by atoms with Crippen molar-refractivity contribution < 1.29 is 19.0 Å². The number of nitrogens with zero attached hydrogens (tertiary/aromatic N) is 1. The van der Waals surface area contributed by atoms with Crippen molar-refractivity contribution in [1.82, 2.24) is 4.98 Å². The summed E-state index contributed by atoms with van der Waals surface area (Å²) in [6.45, 7) is 6.23. The highest BCUT2D eigenvalue weighted by Gasteiger charge is 2.20. The molecule has 0 bridgehead atoms. The van der Waals surface area contributed by atoms with Crippen molar-refractivity contribution in [2.45, 2.75) is 45.5 Å². The summed E-state index contributed by atoms with van der Waals surface area (Å²) >= 11 is 0. The molecule has 1 rings (SSSR count). The number of rotatable bonds is 11. The molecule has 1 heterocycles. The molecule has 0 saturated heterocycles. The molecule has 0 atom stereocenters. The van der Waals surface area contributed by atoms with Crippen LogP contribution in [-0.2, 0) is 27.4 Å². The van der Waals surface area contributed by atoms with Crippen molar-refractivity contribution >= 4 is 6.09 Å². The van der Waals surface area contributed by atoms with E-state index >= 15 is 0 Å². The normalized spacial score (nSPS) is 11.4. The molecule has 0 aliphatic rings. The third-order valence-corrected chi connectivity index (χ3v) is 3.11. The van der Waals surface area contributed by atoms with Crippen molar-refractivity contribution in [1.29, 1.82) is 0 Å². The zero-order valence-corrected chi connectivity index (χ0v) is 13.9. The number of amides is 1. The van der Waals surface area contributed by atoms with E-state index in [1.807, 2.05) is 26.0 Å². The predicted octanol–water partition coefficient (Wildman–Crippen LogP) is 1.73. The van der Waals surface area contributed by atoms with Gasteiger partial charge in [-0.25, -0.2) is 4.79 Å². The van der Waals surface area contributed by atoms with Crippen LogP contribution in [0.15, 0.2) is 18.3 Å². The number of primary amides is 1. The molecular weight excluding hydrogens is 298 g/mol. The summed E-state index contributed by atoms with van der Waals surface area (Å²) in [7, 11) is 0. The lowest BCUT2D eigenvalue weighted by Gasteiger charge is -2.23. The monoisotopic (exact) mass is 325 g/mol. The summed E-state index contributed by atoms with van der Waals surface area (Å²) in [5.41, 5.74) is 11.7. The number of nitrogens with two attached hydrogens (primary N) is 2. The first-order valence-corrected chi connectivity index (χ1v) is 7.71. The number of aromatic nitrogens is 1. The molecule has 0 unspecified atom stereocenters. The Bertz CT molecular complexity index is 463. The molecule has 0 spiro atoms. The molecule has 0 aromatic carbocycles. The van der Waals surface area contributed by atoms with E-state index in [0.717, 1.165) is 17.7 Å². The number of hydrogen-bond donors (Lipinski definition) is 2. The SMILES string of the molecule is CC(C)(CCCOCc1ccc(COCCN)nc1)OC(N)=O. The third-order valence-electron chi connectivity index (χ3n) is 3.11. The highest BCUT2D eigenvalue weighted by atomic mass is 16.6. The van der Waals surface area contributed by atoms with E-state index in [1.165, 1.54) is 0 Å². The minimum Gasteiger partial charge on any atom is -0.444 e. The van der Waals surface area contributed by atoms with Gasteiger partial charge in [0.15, 0.2) is 0 Å². The lowest BCUT2D eigenvalue weighted by Crippen LogP contribution is -2.31. The molecule has 0 radical (unpaired) electrons. The van der Waals surface area contributed by atoms with Gasteiger partial charge in [0.05, 0.1) is 25.5 Å². The first kappa shape index (κ1) is 19.3. The predicted molar refractivity (Wildman–Crippen MR) is 86.6 cm³/mol. The summed E-state index contributed by atoms with van der Waals surface area (Å²) in [4.78, 5) is 15.1. The van der Waals surface area contributed by atoms with Crippen LogP contribution in [0.1, 0.15) is 37.9 Å². The Balaban J connectivity index is 2.19. The van der Waals surface area contributed by atoms with E-state index in [1.54, 1.807) is 6.20 Å². The highest BCUT2D eigenvalue weighted by Crippen LogP contribution is 2.16. The quantitative estimate of drug-likeness (QED) is 0.600. The Kier molecular flexibility index (Phi) is 8.53. The second-order valence-electron chi connectivity index (χ2n) is 5.84. The van der Waals surface area contributed by atoms with Crippen LogP contribution in [0.4, 0.5) is 4.79 Å². The molecule has 1 aromatic rings. The molecule has 23 heavy (non-hydrogen) atoms. The van der Waals surface area contributed by atoms with Crippen molar-refractivity contribution in [3.63, 3.8) is 0 Å². The van der Waals surface area contributed by atoms with E-state index in [2.05, 4.69) is 4.98 Å². The van der Waals surface area contributed by atoms with Crippen molar-refractivity contribution in [3.05, 3.63) is 29.6 Å². The zero-order chi connectivity index (χ0) is 17.1. The Morgan fingerprint density at radius 2 is 1.96 bits per heavy atom. The third kappa shape index (κ3) is 9.12. The molecule has 7 nitrogen and oxygen atoms in total. The van der Waals surface area contributed by atoms with E-state index in [0.29, 0.717) is 39.4 Å². The summed E-state index contributed by atoms with van der Waals surface area (Å²) in [5.74, 6) is 0. The maximum Gasteiger partial charge on any atom is 0.405 e. The van der Waals surface area contributed by atoms with Gasteiger partial charge >= 0.3 is 6.09 Å². The van der Waals surface area contributed by atoms with Gasteiger partial charge in [0.1, 0.15) is 5.60 Å². The molecule has 7 heteroatoms. The van der Waals surface area contributed by atoms with Crippen LogP contribution in [-0.4, -0.2) is 36.4 Å². The molecule has 4 N–H and O–H groups in total. The minimum atomic E-state index is -0.752. The smallest absolute Gasteiger partial charge is 0.405 e. The first-order valence-electron chi connectivity index (χ1n) is 7.71. The van der Waals surface area contributed by atoms with Gasteiger partial charge in [-0.2, -0.15) is 0 Å². The number of pyridine rings is 1. The topological polar surface area (TPSA) is 110 Å². The van der Waals surface area contributed by atoms with Gasteiger partial charge in [-0.3, -0.25) is 4.98 Å². The van der Waals surface area contributed by atoms with Gasteiger partial charge in [-0.05, 0) is 38.3 Å². The maximum absolute atomic E-state index is 10.7. The van der Waals surface area contributed by atoms with Crippen molar-refractivity contribution in [3.8, 4) is 0 Å². The molecule has 0 fully saturated rings. The first-order chi connectivity index (χ1) is 10.9. The molecule has 0 aliphatic heterocycles. The fraction of sp³-hybridized carbons (Fsp3) is 0.625. The van der Waals surface area contributed by atoms with E-state index in [9.17, 15) is 4.79 Å². The van der Waals surface area contributed by atoms with Crippen LogP contribution in [0.3, 0.4) is 0 Å². The summed E-state index contributed by atoms with van der Waals surface area (Å²) in [5, 5.41) is 0. The van der Waals surface area contributed by atoms with Gasteiger partial charge < -0.3 is 25.7 Å². The van der Waals surface area contributed by atoms with E-state index in [-0.39, 0.29) is 0 Å². The molecular formula is C16H27N3O4. The largest absolute Gasteiger partial charge is 0.444 e. The van der Waals surface area contributed by atoms with E-state index < -0.39 is 11.7 Å². The van der Waals surface area contributed by atoms with Crippen LogP contribution in [0.5, 0.6) is 0 Å². The Morgan fingerprint density at radius 3 is 2.57 bits per heavy atom. The number of carbonyl (C=O) groups excluding carboxylic acids is 1. The van der Waals surface area contributed by atoms with Crippen molar-refractivity contribution in [2.24, 2.45) is 11.5 Å². The average molecular weight is 325 g/mol. The molecule has 1 aromatic heterocycles. The second kappa shape index (κ2) is 10.1. The van der Waals surface area contributed by atoms with Crippen molar-refractivity contribution in [2.75, 3.05) is 19.8 Å². The fourth-order valence-corrected chi connectivity index (χ4v) is 2.00. The molecule has 0 saturated carbocycles. The highest BCUT2D eigenvalue weighted by molar-refractivity contribution is 5.65. The standard InChI is InChI=1S/C16H27N3O4/c1-16(2,23-15(18)20)6-3-8-21-11-13-4-5-14(19-10-13)12-22-9-7-17/h4-5,10H,3,6-9,11-12,17H2,1-2H3,(H2,18,20). The fourth-order valence-electron chi connectivity index (χ4n) is 2.00. The van der Waals surface area contributed by atoms with Crippen LogP contribution < -0.4 is 11.5 Å². The van der Waals surface area contributed by atoms with Gasteiger partial charge in [0.2, 0.25) is 0 Å². The summed E-state index contributed by atoms with van der Waals surface area (Å²) in [6, 6.07) is 3.88. The van der Waals surface area contributed by atoms with E-state index in [4.69, 9.17) is 25.7 Å². The number of ether oxygens (including phenoxy) is 3.